The van der Waals surface area contributed by atoms with Gasteiger partial charge in [-0.15, -0.1) is 11.3 Å². The molecule has 1 aromatic rings. The van der Waals surface area contributed by atoms with E-state index in [1.54, 1.807) is 0 Å². The van der Waals surface area contributed by atoms with Gasteiger partial charge in [0.05, 0.1) is 0 Å². The topological polar surface area (TPSA) is 55.8 Å². The molecular formula is C17H25NO4SSi. The summed E-state index contributed by atoms with van der Waals surface area (Å²) in [6.07, 6.45) is 0.279. The molecule has 0 spiro atoms. The normalized spacial score (nSPS) is 20.6. The third-order valence-corrected chi connectivity index (χ3v) is 10.3. The first-order chi connectivity index (χ1) is 11.5. The van der Waals surface area contributed by atoms with Crippen LogP contribution in [0.1, 0.15) is 31.7 Å². The predicted molar refractivity (Wildman–Crippen MR) is 97.5 cm³/mol. The molecule has 0 aromatic carbocycles. The smallest absolute Gasteiger partial charge is 0.417 e. The number of carbonyl (C=O) groups excluding carboxylic acids is 2. The number of carbonyl (C=O) groups is 2. The Morgan fingerprint density at radius 2 is 2.04 bits per heavy atom. The number of ether oxygens (including phenoxy) is 1. The molecule has 1 aliphatic heterocycles. The lowest BCUT2D eigenvalue weighted by Gasteiger charge is -2.47. The van der Waals surface area contributed by atoms with E-state index in [0.29, 0.717) is 0 Å². The zero-order valence-electron chi connectivity index (χ0n) is 14.5. The van der Waals surface area contributed by atoms with Crippen molar-refractivity contribution in [2.45, 2.75) is 51.0 Å². The molecule has 0 N–H and O–H groups in total. The first-order valence-corrected chi connectivity index (χ1v) is 11.8. The highest BCUT2D eigenvalue weighted by Gasteiger charge is 2.55. The van der Waals surface area contributed by atoms with Crippen LogP contribution in [-0.2, 0) is 14.0 Å². The summed E-state index contributed by atoms with van der Waals surface area (Å²) in [6, 6.07) is 6.34. The largest absolute Gasteiger partial charge is 0.445 e. The lowest BCUT2D eigenvalue weighted by molar-refractivity contribution is -0.160. The molecule has 2 rings (SSSR count). The van der Waals surface area contributed by atoms with Crippen molar-refractivity contribution in [3.05, 3.63) is 35.0 Å². The zero-order valence-corrected chi connectivity index (χ0v) is 16.3. The van der Waals surface area contributed by atoms with Gasteiger partial charge in [0.2, 0.25) is 0 Å². The van der Waals surface area contributed by atoms with Crippen molar-refractivity contribution >= 4 is 31.7 Å². The van der Waals surface area contributed by atoms with Crippen molar-refractivity contribution in [3.8, 4) is 0 Å². The van der Waals surface area contributed by atoms with Crippen LogP contribution in [0.15, 0.2) is 30.2 Å². The minimum atomic E-state index is -1.95. The van der Waals surface area contributed by atoms with E-state index >= 15 is 0 Å². The highest BCUT2D eigenvalue weighted by molar-refractivity contribution is 7.10. The molecule has 0 radical (unpaired) electrons. The minimum Gasteiger partial charge on any atom is -0.445 e. The summed E-state index contributed by atoms with van der Waals surface area (Å²) in [5.41, 5.74) is 0. The van der Waals surface area contributed by atoms with Crippen LogP contribution in [0.3, 0.4) is 0 Å². The number of likely N-dealkylation sites (tertiary alicyclic amines) is 1. The van der Waals surface area contributed by atoms with E-state index in [2.05, 4.69) is 27.4 Å². The van der Waals surface area contributed by atoms with Gasteiger partial charge in [0, 0.05) is 4.88 Å². The van der Waals surface area contributed by atoms with Gasteiger partial charge in [0.1, 0.15) is 12.6 Å². The highest BCUT2D eigenvalue weighted by Crippen LogP contribution is 2.42. The number of rotatable bonds is 8. The Morgan fingerprint density at radius 3 is 2.54 bits per heavy atom. The second kappa shape index (κ2) is 8.09. The Balaban J connectivity index is 2.23. The van der Waals surface area contributed by atoms with Crippen LogP contribution >= 0.6 is 11.3 Å². The van der Waals surface area contributed by atoms with E-state index in [9.17, 15) is 9.59 Å². The van der Waals surface area contributed by atoms with Gasteiger partial charge in [-0.2, -0.15) is 0 Å². The second-order valence-electron chi connectivity index (χ2n) is 5.82. The van der Waals surface area contributed by atoms with Crippen LogP contribution in [0.25, 0.3) is 0 Å². The number of hydrogen-bond donors (Lipinski definition) is 0. The van der Waals surface area contributed by atoms with E-state index in [1.807, 2.05) is 17.5 Å². The monoisotopic (exact) mass is 367 g/mol. The Bertz CT molecular complexity index is 577. The third kappa shape index (κ3) is 3.48. The van der Waals surface area contributed by atoms with Gasteiger partial charge in [-0.1, -0.05) is 39.5 Å². The molecule has 2 atom stereocenters. The fourth-order valence-electron chi connectivity index (χ4n) is 2.99. The van der Waals surface area contributed by atoms with Gasteiger partial charge < -0.3 is 9.16 Å². The standard InChI is InChI=1S/C17H25NO4SSi/c1-5-11-21-17(20)18-14(13-10-9-12-23-13)15(16(18)19)22-24(6-2,7-3)8-4/h5,9-10,12,14-15H,1,6-8,11H2,2-4H3/t14-,15+/m0/s1. The summed E-state index contributed by atoms with van der Waals surface area (Å²) in [7, 11) is -1.95. The molecule has 5 nitrogen and oxygen atoms in total. The summed E-state index contributed by atoms with van der Waals surface area (Å²) in [6.45, 7) is 9.98. The summed E-state index contributed by atoms with van der Waals surface area (Å²) < 4.78 is 11.4. The maximum atomic E-state index is 12.6. The van der Waals surface area contributed by atoms with E-state index in [4.69, 9.17) is 9.16 Å². The lowest BCUT2D eigenvalue weighted by atomic mass is 9.97. The lowest BCUT2D eigenvalue weighted by Crippen LogP contribution is -2.64. The van der Waals surface area contributed by atoms with Crippen LogP contribution < -0.4 is 0 Å². The van der Waals surface area contributed by atoms with Crippen LogP contribution in [0.4, 0.5) is 4.79 Å². The number of nitrogens with zero attached hydrogens (tertiary/aromatic N) is 1. The highest BCUT2D eigenvalue weighted by atomic mass is 32.1. The third-order valence-electron chi connectivity index (χ3n) is 4.71. The van der Waals surface area contributed by atoms with Crippen molar-refractivity contribution in [1.82, 2.24) is 4.90 Å². The fourth-order valence-corrected chi connectivity index (χ4v) is 6.59. The number of β-lactam (4-membered cyclic amide) rings is 1. The van der Waals surface area contributed by atoms with Crippen LogP contribution in [-0.4, -0.2) is 37.9 Å². The molecule has 0 saturated carbocycles. The Kier molecular flexibility index (Phi) is 6.37. The molecule has 1 aliphatic rings. The maximum absolute atomic E-state index is 12.6. The summed E-state index contributed by atoms with van der Waals surface area (Å²) in [4.78, 5) is 26.9. The van der Waals surface area contributed by atoms with Crippen molar-refractivity contribution in [1.29, 1.82) is 0 Å². The van der Waals surface area contributed by atoms with Gasteiger partial charge in [-0.3, -0.25) is 4.79 Å². The van der Waals surface area contributed by atoms with E-state index in [0.717, 1.165) is 23.0 Å². The average Bonchev–Trinajstić information content (AvgIpc) is 3.12. The second-order valence-corrected chi connectivity index (χ2v) is 11.5. The summed E-state index contributed by atoms with van der Waals surface area (Å²) >= 11 is 1.52. The summed E-state index contributed by atoms with van der Waals surface area (Å²) in [5.74, 6) is -0.297. The van der Waals surface area contributed by atoms with Crippen LogP contribution in [0.5, 0.6) is 0 Å². The van der Waals surface area contributed by atoms with Gasteiger partial charge in [-0.05, 0) is 29.6 Å². The van der Waals surface area contributed by atoms with Gasteiger partial charge >= 0.3 is 6.09 Å². The predicted octanol–water partition coefficient (Wildman–Crippen LogP) is 4.34. The van der Waals surface area contributed by atoms with Gasteiger partial charge in [-0.25, -0.2) is 9.69 Å². The Labute approximate surface area is 148 Å². The van der Waals surface area contributed by atoms with E-state index < -0.39 is 20.5 Å². The fraction of sp³-hybridized carbons (Fsp3) is 0.529. The number of hydrogen-bond acceptors (Lipinski definition) is 5. The summed E-state index contributed by atoms with van der Waals surface area (Å²) in [5, 5.41) is 1.94. The Hall–Kier alpha value is -1.44. The molecular weight excluding hydrogens is 342 g/mol. The molecule has 1 saturated heterocycles. The minimum absolute atomic E-state index is 0.0862. The first kappa shape index (κ1) is 18.9. The zero-order chi connectivity index (χ0) is 17.7. The number of amides is 2. The van der Waals surface area contributed by atoms with Crippen molar-refractivity contribution < 1.29 is 18.8 Å². The SMILES string of the molecule is C=CCOC(=O)N1C(=O)[C@H](O[Si](CC)(CC)CC)[C@@H]1c1cccs1. The molecule has 0 aliphatic carbocycles. The molecule has 1 fully saturated rings. The maximum Gasteiger partial charge on any atom is 0.417 e. The van der Waals surface area contributed by atoms with Crippen molar-refractivity contribution in [2.75, 3.05) is 6.61 Å². The average molecular weight is 368 g/mol. The van der Waals surface area contributed by atoms with Gasteiger partial charge in [0.15, 0.2) is 14.4 Å². The van der Waals surface area contributed by atoms with E-state index in [-0.39, 0.29) is 18.6 Å². The molecule has 24 heavy (non-hydrogen) atoms. The van der Waals surface area contributed by atoms with E-state index in [1.165, 1.54) is 22.3 Å². The van der Waals surface area contributed by atoms with Crippen molar-refractivity contribution in [3.63, 3.8) is 0 Å². The molecule has 2 amide bonds. The number of imide groups is 1. The van der Waals surface area contributed by atoms with Gasteiger partial charge in [0.25, 0.3) is 5.91 Å². The van der Waals surface area contributed by atoms with Crippen molar-refractivity contribution in [2.24, 2.45) is 0 Å². The quantitative estimate of drug-likeness (QED) is 0.389. The molecule has 0 bridgehead atoms. The molecule has 0 unspecified atom stereocenters. The molecule has 1 aromatic heterocycles. The molecule has 132 valence electrons. The number of thiophene rings is 1. The molecule has 2 heterocycles. The van der Waals surface area contributed by atoms with Crippen LogP contribution in [0.2, 0.25) is 18.1 Å². The first-order valence-electron chi connectivity index (χ1n) is 8.35. The molecule has 7 heteroatoms. The van der Waals surface area contributed by atoms with Crippen LogP contribution in [0, 0.1) is 0 Å². The Morgan fingerprint density at radius 1 is 1.38 bits per heavy atom.